The molecule has 3 saturated carbocycles. The van der Waals surface area contributed by atoms with E-state index in [0.29, 0.717) is 42.6 Å². The maximum atomic E-state index is 10.2. The molecule has 3 rings (SSSR count). The van der Waals surface area contributed by atoms with Crippen LogP contribution < -0.4 is 0 Å². The van der Waals surface area contributed by atoms with Crippen LogP contribution in [0.4, 0.5) is 0 Å². The van der Waals surface area contributed by atoms with Crippen molar-refractivity contribution in [3.63, 3.8) is 0 Å². The normalized spacial score (nSPS) is 37.0. The minimum atomic E-state index is -0.619. The molecule has 180 valence electrons. The predicted molar refractivity (Wildman–Crippen MR) is 133 cm³/mol. The molecule has 0 amide bonds. The fraction of sp³-hybridized carbons (Fsp3) is 0.724. The molecule has 2 N–H and O–H groups in total. The third kappa shape index (κ3) is 5.48. The van der Waals surface area contributed by atoms with Gasteiger partial charge in [-0.2, -0.15) is 0 Å². The molecule has 3 heteroatoms. The Morgan fingerprint density at radius 1 is 1.25 bits per heavy atom. The highest BCUT2D eigenvalue weighted by molar-refractivity contribution is 5.38. The van der Waals surface area contributed by atoms with Crippen LogP contribution in [0.15, 0.2) is 47.6 Å². The Morgan fingerprint density at radius 3 is 2.66 bits per heavy atom. The molecule has 0 heterocycles. The van der Waals surface area contributed by atoms with Crippen LogP contribution in [0, 0.1) is 28.6 Å². The van der Waals surface area contributed by atoms with Gasteiger partial charge in [0.2, 0.25) is 0 Å². The van der Waals surface area contributed by atoms with E-state index in [4.69, 9.17) is 4.74 Å². The van der Waals surface area contributed by atoms with E-state index >= 15 is 0 Å². The smallest absolute Gasteiger partial charge is 0.0811 e. The molecule has 0 aliphatic heterocycles. The molecule has 0 saturated heterocycles. The molecule has 0 aromatic rings. The van der Waals surface area contributed by atoms with Gasteiger partial charge < -0.3 is 14.9 Å². The number of allylic oxidation sites excluding steroid dienone is 3. The van der Waals surface area contributed by atoms with E-state index in [1.54, 1.807) is 5.57 Å². The first-order chi connectivity index (χ1) is 14.9. The van der Waals surface area contributed by atoms with Crippen LogP contribution in [0.2, 0.25) is 0 Å². The highest BCUT2D eigenvalue weighted by atomic mass is 16.5. The van der Waals surface area contributed by atoms with E-state index in [9.17, 15) is 10.2 Å². The first-order valence-electron chi connectivity index (χ1n) is 12.6. The number of ether oxygens (including phenoxy) is 1. The second kappa shape index (κ2) is 9.99. The molecule has 0 radical (unpaired) electrons. The Balaban J connectivity index is 1.67. The summed E-state index contributed by atoms with van der Waals surface area (Å²) in [6.07, 6.45) is 10.5. The number of hydrogen-bond donors (Lipinski definition) is 2. The summed E-state index contributed by atoms with van der Waals surface area (Å²) >= 11 is 0. The summed E-state index contributed by atoms with van der Waals surface area (Å²) in [4.78, 5) is 0. The quantitative estimate of drug-likeness (QED) is 0.469. The van der Waals surface area contributed by atoms with Crippen molar-refractivity contribution in [1.82, 2.24) is 0 Å². The molecule has 3 fully saturated rings. The summed E-state index contributed by atoms with van der Waals surface area (Å²) in [5.41, 5.74) is 4.92. The lowest BCUT2D eigenvalue weighted by Gasteiger charge is -2.44. The first kappa shape index (κ1) is 25.5. The van der Waals surface area contributed by atoms with Crippen molar-refractivity contribution in [2.24, 2.45) is 28.6 Å². The maximum Gasteiger partial charge on any atom is 0.0811 e. The van der Waals surface area contributed by atoms with Crippen LogP contribution in [-0.4, -0.2) is 35.6 Å². The van der Waals surface area contributed by atoms with Crippen molar-refractivity contribution in [2.75, 3.05) is 13.2 Å². The van der Waals surface area contributed by atoms with E-state index in [1.165, 1.54) is 25.7 Å². The van der Waals surface area contributed by atoms with Crippen molar-refractivity contribution in [3.05, 3.63) is 47.6 Å². The Labute approximate surface area is 196 Å². The molecule has 0 aromatic carbocycles. The predicted octanol–water partition coefficient (Wildman–Crippen LogP) is 6.38. The standard InChI is InChI=1S/C29H46O3/c1-19(17-32-18-20(2)28(4,5)6)25-12-13-26-22(9-8-14-29(25,26)7)10-11-23-15-24(30)16-27(31)21(23)3/h10-11,19,24-27,30-31H,2-3,8-9,12-18H2,1,4-7H3/b22-10+,23-11-/t19-,24-,25-,26+,27+,29-/m1/s1. The highest BCUT2D eigenvalue weighted by Crippen LogP contribution is 2.59. The van der Waals surface area contributed by atoms with Crippen molar-refractivity contribution in [1.29, 1.82) is 0 Å². The Bertz CT molecular complexity index is 768. The van der Waals surface area contributed by atoms with E-state index in [1.807, 2.05) is 0 Å². The summed E-state index contributed by atoms with van der Waals surface area (Å²) in [6.45, 7) is 21.2. The van der Waals surface area contributed by atoms with Gasteiger partial charge in [-0.15, -0.1) is 0 Å². The van der Waals surface area contributed by atoms with Crippen molar-refractivity contribution >= 4 is 0 Å². The number of rotatable bonds is 6. The van der Waals surface area contributed by atoms with Crippen LogP contribution in [-0.2, 0) is 4.74 Å². The topological polar surface area (TPSA) is 49.7 Å². The molecule has 0 aromatic heterocycles. The lowest BCUT2D eigenvalue weighted by Crippen LogP contribution is -2.37. The Kier molecular flexibility index (Phi) is 7.95. The molecule has 3 nitrogen and oxygen atoms in total. The minimum Gasteiger partial charge on any atom is -0.393 e. The average molecular weight is 443 g/mol. The third-order valence-corrected chi connectivity index (χ3v) is 8.71. The fourth-order valence-corrected chi connectivity index (χ4v) is 6.38. The van der Waals surface area contributed by atoms with Gasteiger partial charge in [0.15, 0.2) is 0 Å². The van der Waals surface area contributed by atoms with Crippen molar-refractivity contribution in [3.8, 4) is 0 Å². The van der Waals surface area contributed by atoms with Gasteiger partial charge in [-0.25, -0.2) is 0 Å². The van der Waals surface area contributed by atoms with Gasteiger partial charge >= 0.3 is 0 Å². The highest BCUT2D eigenvalue weighted by Gasteiger charge is 2.50. The van der Waals surface area contributed by atoms with Crippen LogP contribution in [0.5, 0.6) is 0 Å². The number of hydrogen-bond acceptors (Lipinski definition) is 3. The number of aliphatic hydroxyl groups is 2. The molecular weight excluding hydrogens is 396 g/mol. The summed E-state index contributed by atoms with van der Waals surface area (Å²) in [6, 6.07) is 0. The van der Waals surface area contributed by atoms with Crippen LogP contribution >= 0.6 is 0 Å². The van der Waals surface area contributed by atoms with Crippen LogP contribution in [0.25, 0.3) is 0 Å². The van der Waals surface area contributed by atoms with E-state index in [-0.39, 0.29) is 5.41 Å². The second-order valence-corrected chi connectivity index (χ2v) is 12.0. The minimum absolute atomic E-state index is 0.0982. The van der Waals surface area contributed by atoms with Crippen molar-refractivity contribution in [2.45, 2.75) is 91.8 Å². The summed E-state index contributed by atoms with van der Waals surface area (Å²) in [5, 5.41) is 20.2. The van der Waals surface area contributed by atoms with Gasteiger partial charge in [-0.3, -0.25) is 0 Å². The van der Waals surface area contributed by atoms with Crippen molar-refractivity contribution < 1.29 is 14.9 Å². The number of fused-ring (bicyclic) bond motifs is 1. The molecule has 3 aliphatic carbocycles. The zero-order chi connectivity index (χ0) is 23.7. The van der Waals surface area contributed by atoms with E-state index < -0.39 is 12.2 Å². The summed E-state index contributed by atoms with van der Waals surface area (Å²) in [5.74, 6) is 1.84. The zero-order valence-corrected chi connectivity index (χ0v) is 21.1. The molecule has 3 aliphatic rings. The van der Waals surface area contributed by atoms with Gasteiger partial charge in [-0.1, -0.05) is 65.5 Å². The summed E-state index contributed by atoms with van der Waals surface area (Å²) in [7, 11) is 0. The molecular formula is C29H46O3. The zero-order valence-electron chi connectivity index (χ0n) is 21.1. The molecule has 0 spiro atoms. The van der Waals surface area contributed by atoms with Gasteiger partial charge in [0.1, 0.15) is 0 Å². The molecule has 0 bridgehead atoms. The largest absolute Gasteiger partial charge is 0.393 e. The Morgan fingerprint density at radius 2 is 1.97 bits per heavy atom. The second-order valence-electron chi connectivity index (χ2n) is 12.0. The molecule has 32 heavy (non-hydrogen) atoms. The van der Waals surface area contributed by atoms with E-state index in [0.717, 1.165) is 29.7 Å². The lowest BCUT2D eigenvalue weighted by atomic mass is 9.61. The van der Waals surface area contributed by atoms with Crippen LogP contribution in [0.1, 0.15) is 79.6 Å². The van der Waals surface area contributed by atoms with Crippen LogP contribution in [0.3, 0.4) is 0 Å². The van der Waals surface area contributed by atoms with Gasteiger partial charge in [0.25, 0.3) is 0 Å². The Hall–Kier alpha value is -1.16. The monoisotopic (exact) mass is 442 g/mol. The SMILES string of the molecule is C=C1/C(=C\C=C2/CCC[C@]3(C)[C@@H]([C@H](C)COCC(=C)C(C)(C)C)CC[C@@H]23)C[C@@H](O)C[C@@H]1O. The summed E-state index contributed by atoms with van der Waals surface area (Å²) < 4.78 is 6.13. The van der Waals surface area contributed by atoms with Gasteiger partial charge in [0.05, 0.1) is 18.8 Å². The number of aliphatic hydroxyl groups excluding tert-OH is 2. The van der Waals surface area contributed by atoms with Gasteiger partial charge in [0, 0.05) is 13.0 Å². The molecule has 6 atom stereocenters. The molecule has 0 unspecified atom stereocenters. The maximum absolute atomic E-state index is 10.2. The third-order valence-electron chi connectivity index (χ3n) is 8.71. The fourth-order valence-electron chi connectivity index (χ4n) is 6.38. The van der Waals surface area contributed by atoms with Gasteiger partial charge in [-0.05, 0) is 83.8 Å². The average Bonchev–Trinajstić information content (AvgIpc) is 3.06. The lowest BCUT2D eigenvalue weighted by molar-refractivity contribution is 0.0385. The van der Waals surface area contributed by atoms with E-state index in [2.05, 4.69) is 59.9 Å². The first-order valence-corrected chi connectivity index (χ1v) is 12.6.